The van der Waals surface area contributed by atoms with E-state index < -0.39 is 16.0 Å². The van der Waals surface area contributed by atoms with Gasteiger partial charge in [0.1, 0.15) is 0 Å². The van der Waals surface area contributed by atoms with Crippen molar-refractivity contribution in [3.8, 4) is 0 Å². The zero-order chi connectivity index (χ0) is 14.5. The molecule has 1 aromatic rings. The van der Waals surface area contributed by atoms with Gasteiger partial charge in [0.25, 0.3) is 0 Å². The Balaban J connectivity index is 2.68. The third kappa shape index (κ3) is 4.50. The van der Waals surface area contributed by atoms with E-state index in [0.717, 1.165) is 5.56 Å². The fourth-order valence-electron chi connectivity index (χ4n) is 1.29. The molecule has 19 heavy (non-hydrogen) atoms. The fourth-order valence-corrected chi connectivity index (χ4v) is 2.31. The van der Waals surface area contributed by atoms with E-state index in [0.29, 0.717) is 0 Å². The minimum atomic E-state index is -3.64. The van der Waals surface area contributed by atoms with Crippen LogP contribution in [0.3, 0.4) is 0 Å². The Morgan fingerprint density at radius 2 is 1.89 bits per heavy atom. The lowest BCUT2D eigenvalue weighted by molar-refractivity contribution is -0.138. The van der Waals surface area contributed by atoms with Crippen molar-refractivity contribution in [2.45, 2.75) is 18.7 Å². The van der Waals surface area contributed by atoms with Crippen molar-refractivity contribution in [3.63, 3.8) is 0 Å². The first-order chi connectivity index (χ1) is 8.86. The maximum atomic E-state index is 11.9. The second-order valence-electron chi connectivity index (χ2n) is 3.96. The van der Waals surface area contributed by atoms with Crippen molar-refractivity contribution < 1.29 is 17.9 Å². The molecule has 5 nitrogen and oxygen atoms in total. The van der Waals surface area contributed by atoms with E-state index in [-0.39, 0.29) is 23.6 Å². The summed E-state index contributed by atoms with van der Waals surface area (Å²) >= 11 is 0. The minimum Gasteiger partial charge on any atom is -0.463 e. The van der Waals surface area contributed by atoms with E-state index in [1.807, 2.05) is 6.92 Å². The number of esters is 1. The molecule has 1 aromatic carbocycles. The van der Waals surface area contributed by atoms with Crippen LogP contribution in [0.4, 0.5) is 0 Å². The maximum absolute atomic E-state index is 11.9. The predicted octanol–water partition coefficient (Wildman–Crippen LogP) is 1.39. The Labute approximate surface area is 113 Å². The molecule has 0 bridgehead atoms. The zero-order valence-corrected chi connectivity index (χ0v) is 11.8. The lowest BCUT2D eigenvalue weighted by Gasteiger charge is -2.08. The molecule has 0 radical (unpaired) electrons. The van der Waals surface area contributed by atoms with E-state index >= 15 is 0 Å². The van der Waals surface area contributed by atoms with Gasteiger partial charge in [0, 0.05) is 12.1 Å². The molecular formula is C13H17NO4S. The summed E-state index contributed by atoms with van der Waals surface area (Å²) in [6, 6.07) is 6.42. The van der Waals surface area contributed by atoms with Crippen molar-refractivity contribution in [1.29, 1.82) is 0 Å². The van der Waals surface area contributed by atoms with Crippen LogP contribution in [0.15, 0.2) is 41.3 Å². The molecule has 0 atom stereocenters. The molecule has 0 aliphatic heterocycles. The predicted molar refractivity (Wildman–Crippen MR) is 72.1 cm³/mol. The van der Waals surface area contributed by atoms with Crippen LogP contribution in [0, 0.1) is 6.92 Å². The second-order valence-corrected chi connectivity index (χ2v) is 5.73. The Morgan fingerprint density at radius 1 is 1.32 bits per heavy atom. The number of ether oxygens (including phenoxy) is 1. The number of carbonyl (C=O) groups is 1. The molecule has 0 saturated carbocycles. The Kier molecular flexibility index (Phi) is 5.26. The van der Waals surface area contributed by atoms with Crippen molar-refractivity contribution in [2.24, 2.45) is 0 Å². The van der Waals surface area contributed by atoms with E-state index in [1.54, 1.807) is 19.1 Å². The van der Waals surface area contributed by atoms with Gasteiger partial charge in [0.05, 0.1) is 11.5 Å². The number of sulfonamides is 1. The van der Waals surface area contributed by atoms with Crippen LogP contribution in [0.25, 0.3) is 0 Å². The second kappa shape index (κ2) is 6.49. The highest BCUT2D eigenvalue weighted by Crippen LogP contribution is 2.10. The molecule has 104 valence electrons. The van der Waals surface area contributed by atoms with Crippen LogP contribution in [-0.2, 0) is 19.6 Å². The van der Waals surface area contributed by atoms with Gasteiger partial charge in [-0.15, -0.1) is 0 Å². The zero-order valence-electron chi connectivity index (χ0n) is 11.0. The largest absolute Gasteiger partial charge is 0.463 e. The molecular weight excluding hydrogens is 266 g/mol. The Bertz CT molecular complexity index is 561. The molecule has 1 N–H and O–H groups in total. The van der Waals surface area contributed by atoms with Crippen molar-refractivity contribution in [3.05, 3.63) is 42.0 Å². The van der Waals surface area contributed by atoms with Gasteiger partial charge in [-0.25, -0.2) is 17.9 Å². The summed E-state index contributed by atoms with van der Waals surface area (Å²) in [5, 5.41) is 0. The van der Waals surface area contributed by atoms with Gasteiger partial charge in [0.2, 0.25) is 10.0 Å². The number of nitrogens with one attached hydrogen (secondary N) is 1. The van der Waals surface area contributed by atoms with E-state index in [1.165, 1.54) is 12.1 Å². The van der Waals surface area contributed by atoms with Gasteiger partial charge >= 0.3 is 5.97 Å². The molecule has 0 aliphatic carbocycles. The first-order valence-corrected chi connectivity index (χ1v) is 7.26. The summed E-state index contributed by atoms with van der Waals surface area (Å²) < 4.78 is 30.9. The molecule has 0 saturated heterocycles. The molecule has 0 fully saturated rings. The molecule has 6 heteroatoms. The molecule has 0 amide bonds. The van der Waals surface area contributed by atoms with Crippen molar-refractivity contribution >= 4 is 16.0 Å². The number of rotatable bonds is 6. The quantitative estimate of drug-likeness (QED) is 0.632. The molecule has 0 heterocycles. The summed E-state index contributed by atoms with van der Waals surface area (Å²) in [6.07, 6.45) is 0. The van der Waals surface area contributed by atoms with Crippen LogP contribution >= 0.6 is 0 Å². The normalized spacial score (nSPS) is 11.1. The average molecular weight is 283 g/mol. The lowest BCUT2D eigenvalue weighted by Crippen LogP contribution is -2.28. The highest BCUT2D eigenvalue weighted by Gasteiger charge is 2.16. The van der Waals surface area contributed by atoms with Crippen LogP contribution in [0.5, 0.6) is 0 Å². The summed E-state index contributed by atoms with van der Waals surface area (Å²) in [5.74, 6) is -0.603. The number of hydrogen-bond donors (Lipinski definition) is 1. The average Bonchev–Trinajstić information content (AvgIpc) is 2.37. The van der Waals surface area contributed by atoms with E-state index in [2.05, 4.69) is 11.3 Å². The van der Waals surface area contributed by atoms with Gasteiger partial charge in [0.15, 0.2) is 0 Å². The summed E-state index contributed by atoms with van der Waals surface area (Å²) in [7, 11) is -3.64. The smallest absolute Gasteiger partial charge is 0.334 e. The monoisotopic (exact) mass is 283 g/mol. The number of aryl methyl sites for hydroxylation is 1. The standard InChI is InChI=1S/C13H17NO4S/c1-4-18-13(15)11(3)9-14-19(16,17)12-7-5-10(2)6-8-12/h5-8,14H,3-4,9H2,1-2H3. The molecule has 0 aromatic heterocycles. The summed E-state index contributed by atoms with van der Waals surface area (Å²) in [4.78, 5) is 11.4. The van der Waals surface area contributed by atoms with Gasteiger partial charge < -0.3 is 4.74 Å². The molecule has 1 rings (SSSR count). The highest BCUT2D eigenvalue weighted by molar-refractivity contribution is 7.89. The SMILES string of the molecule is C=C(CNS(=O)(=O)c1ccc(C)cc1)C(=O)OCC. The first-order valence-electron chi connectivity index (χ1n) is 5.78. The van der Waals surface area contributed by atoms with Crippen LogP contribution in [0.2, 0.25) is 0 Å². The summed E-state index contributed by atoms with van der Waals surface area (Å²) in [5.41, 5.74) is 1.03. The third-order valence-electron chi connectivity index (χ3n) is 2.37. The molecule has 0 spiro atoms. The van der Waals surface area contributed by atoms with Gasteiger partial charge in [-0.2, -0.15) is 0 Å². The van der Waals surface area contributed by atoms with Gasteiger partial charge in [-0.1, -0.05) is 24.3 Å². The van der Waals surface area contributed by atoms with Crippen LogP contribution < -0.4 is 4.72 Å². The molecule has 0 unspecified atom stereocenters. The minimum absolute atomic E-state index is 0.0672. The number of carbonyl (C=O) groups excluding carboxylic acids is 1. The molecule has 0 aliphatic rings. The van der Waals surface area contributed by atoms with Gasteiger partial charge in [-0.05, 0) is 26.0 Å². The summed E-state index contributed by atoms with van der Waals surface area (Å²) in [6.45, 7) is 7.07. The van der Waals surface area contributed by atoms with E-state index in [9.17, 15) is 13.2 Å². The van der Waals surface area contributed by atoms with Crippen molar-refractivity contribution in [1.82, 2.24) is 4.72 Å². The number of hydrogen-bond acceptors (Lipinski definition) is 4. The van der Waals surface area contributed by atoms with E-state index in [4.69, 9.17) is 4.74 Å². The van der Waals surface area contributed by atoms with Gasteiger partial charge in [-0.3, -0.25) is 0 Å². The van der Waals surface area contributed by atoms with Crippen LogP contribution in [0.1, 0.15) is 12.5 Å². The third-order valence-corrected chi connectivity index (χ3v) is 3.79. The lowest BCUT2D eigenvalue weighted by atomic mass is 10.2. The number of benzene rings is 1. The Hall–Kier alpha value is -1.66. The highest BCUT2D eigenvalue weighted by atomic mass is 32.2. The maximum Gasteiger partial charge on any atom is 0.334 e. The fraction of sp³-hybridized carbons (Fsp3) is 0.308. The topological polar surface area (TPSA) is 72.5 Å². The van der Waals surface area contributed by atoms with Crippen molar-refractivity contribution in [2.75, 3.05) is 13.2 Å². The Morgan fingerprint density at radius 3 is 2.42 bits per heavy atom. The first kappa shape index (κ1) is 15.4. The van der Waals surface area contributed by atoms with Crippen LogP contribution in [-0.4, -0.2) is 27.5 Å².